The van der Waals surface area contributed by atoms with Gasteiger partial charge in [-0.05, 0) is 6.07 Å². The van der Waals surface area contributed by atoms with Crippen molar-refractivity contribution in [2.45, 2.75) is 0 Å². The van der Waals surface area contributed by atoms with E-state index in [1.165, 1.54) is 6.39 Å². The minimum atomic E-state index is -0.376. The van der Waals surface area contributed by atoms with Crippen LogP contribution in [0.15, 0.2) is 29.4 Å². The zero-order chi connectivity index (χ0) is 10.3. The van der Waals surface area contributed by atoms with Crippen molar-refractivity contribution < 1.29 is 8.91 Å². The summed E-state index contributed by atoms with van der Waals surface area (Å²) in [6.07, 6.45) is 3.98. The maximum atomic E-state index is 13.3. The number of H-pyrrole nitrogens is 1. The first kappa shape index (κ1) is 8.10. The van der Waals surface area contributed by atoms with Crippen LogP contribution in [0.4, 0.5) is 4.39 Å². The quantitative estimate of drug-likeness (QED) is 0.655. The van der Waals surface area contributed by atoms with Crippen LogP contribution < -0.4 is 0 Å². The van der Waals surface area contributed by atoms with Gasteiger partial charge in [0.05, 0.1) is 11.7 Å². The Morgan fingerprint density at radius 1 is 1.33 bits per heavy atom. The van der Waals surface area contributed by atoms with Crippen molar-refractivity contribution in [1.82, 2.24) is 20.1 Å². The number of nitrogens with one attached hydrogen (secondary N) is 1. The second-order valence-corrected chi connectivity index (χ2v) is 2.98. The molecule has 3 heterocycles. The normalized spacial score (nSPS) is 11.0. The lowest BCUT2D eigenvalue weighted by Crippen LogP contribution is -1.89. The number of aromatic amines is 1. The molecule has 15 heavy (non-hydrogen) atoms. The average Bonchev–Trinajstić information content (AvgIpc) is 2.88. The summed E-state index contributed by atoms with van der Waals surface area (Å²) in [6, 6.07) is 1.63. The summed E-state index contributed by atoms with van der Waals surface area (Å²) < 4.78 is 17.9. The Balaban J connectivity index is 2.37. The van der Waals surface area contributed by atoms with Crippen molar-refractivity contribution in [3.63, 3.8) is 0 Å². The second kappa shape index (κ2) is 2.88. The fourth-order valence-electron chi connectivity index (χ4n) is 1.46. The fraction of sp³-hybridized carbons (Fsp3) is 0. The Hall–Kier alpha value is -2.24. The van der Waals surface area contributed by atoms with Crippen molar-refractivity contribution >= 4 is 10.9 Å². The number of nitrogens with zero attached hydrogens (tertiary/aromatic N) is 3. The number of halogens is 1. The highest BCUT2D eigenvalue weighted by molar-refractivity contribution is 5.90. The molecule has 6 heteroatoms. The third kappa shape index (κ3) is 1.11. The Bertz CT molecular complexity index is 602. The standard InChI is InChI=1S/C9H5FN4O/c10-6-3-12-8(9-13-4-15-14-9)7-5(6)1-2-11-7/h1-4,11H. The Kier molecular flexibility index (Phi) is 1.55. The first-order chi connectivity index (χ1) is 7.36. The molecule has 0 radical (unpaired) electrons. The Labute approximate surface area is 82.9 Å². The van der Waals surface area contributed by atoms with Gasteiger partial charge in [-0.3, -0.25) is 0 Å². The van der Waals surface area contributed by atoms with Gasteiger partial charge in [0.1, 0.15) is 5.69 Å². The summed E-state index contributed by atoms with van der Waals surface area (Å²) in [7, 11) is 0. The third-order valence-corrected chi connectivity index (χ3v) is 2.12. The number of hydrogen-bond acceptors (Lipinski definition) is 4. The molecule has 0 atom stereocenters. The van der Waals surface area contributed by atoms with E-state index in [4.69, 9.17) is 0 Å². The number of aromatic nitrogens is 4. The van der Waals surface area contributed by atoms with Crippen LogP contribution in [0.25, 0.3) is 22.4 Å². The molecule has 0 saturated heterocycles. The van der Waals surface area contributed by atoms with Gasteiger partial charge in [0, 0.05) is 11.6 Å². The molecule has 5 nitrogen and oxygen atoms in total. The van der Waals surface area contributed by atoms with Gasteiger partial charge in [-0.15, -0.1) is 0 Å². The van der Waals surface area contributed by atoms with E-state index in [0.29, 0.717) is 22.4 Å². The Morgan fingerprint density at radius 3 is 3.07 bits per heavy atom. The molecule has 3 aromatic heterocycles. The smallest absolute Gasteiger partial charge is 0.222 e. The minimum absolute atomic E-state index is 0.336. The molecule has 0 spiro atoms. The second-order valence-electron chi connectivity index (χ2n) is 2.98. The molecule has 0 aromatic carbocycles. The van der Waals surface area contributed by atoms with Gasteiger partial charge in [-0.25, -0.2) is 9.37 Å². The zero-order valence-corrected chi connectivity index (χ0v) is 7.44. The van der Waals surface area contributed by atoms with Crippen molar-refractivity contribution in [1.29, 1.82) is 0 Å². The van der Waals surface area contributed by atoms with Crippen molar-refractivity contribution in [3.05, 3.63) is 30.7 Å². The van der Waals surface area contributed by atoms with Gasteiger partial charge in [0.2, 0.25) is 12.2 Å². The molecule has 0 fully saturated rings. The third-order valence-electron chi connectivity index (χ3n) is 2.12. The van der Waals surface area contributed by atoms with Crippen LogP contribution in [0.1, 0.15) is 0 Å². The lowest BCUT2D eigenvalue weighted by Gasteiger charge is -1.97. The number of fused-ring (bicyclic) bond motifs is 1. The summed E-state index contributed by atoms with van der Waals surface area (Å²) in [5, 5.41) is 4.12. The van der Waals surface area contributed by atoms with Crippen LogP contribution in [-0.2, 0) is 0 Å². The molecule has 0 aliphatic rings. The van der Waals surface area contributed by atoms with Crippen molar-refractivity contribution in [2.24, 2.45) is 0 Å². The number of hydrogen-bond donors (Lipinski definition) is 1. The van der Waals surface area contributed by atoms with Gasteiger partial charge in [-0.1, -0.05) is 5.16 Å². The maximum Gasteiger partial charge on any atom is 0.222 e. The molecule has 0 unspecified atom stereocenters. The highest BCUT2D eigenvalue weighted by Gasteiger charge is 2.13. The van der Waals surface area contributed by atoms with E-state index in [1.54, 1.807) is 12.3 Å². The first-order valence-corrected chi connectivity index (χ1v) is 4.24. The predicted octanol–water partition coefficient (Wildman–Crippen LogP) is 1.75. The fourth-order valence-corrected chi connectivity index (χ4v) is 1.46. The average molecular weight is 204 g/mol. The van der Waals surface area contributed by atoms with Crippen molar-refractivity contribution in [2.75, 3.05) is 0 Å². The van der Waals surface area contributed by atoms with Crippen molar-refractivity contribution in [3.8, 4) is 11.5 Å². The molecule has 1 N–H and O–H groups in total. The molecule has 0 aliphatic carbocycles. The van der Waals surface area contributed by atoms with Crippen LogP contribution in [-0.4, -0.2) is 20.1 Å². The molecule has 74 valence electrons. The van der Waals surface area contributed by atoms with E-state index in [0.717, 1.165) is 6.20 Å². The van der Waals surface area contributed by atoms with Crippen LogP contribution in [0.3, 0.4) is 0 Å². The van der Waals surface area contributed by atoms with Crippen LogP contribution in [0, 0.1) is 5.82 Å². The van der Waals surface area contributed by atoms with E-state index >= 15 is 0 Å². The largest absolute Gasteiger partial charge is 0.359 e. The SMILES string of the molecule is Fc1cnc(-c2ncon2)c2[nH]ccc12. The zero-order valence-electron chi connectivity index (χ0n) is 7.44. The highest BCUT2D eigenvalue weighted by Crippen LogP contribution is 2.24. The van der Waals surface area contributed by atoms with Crippen LogP contribution in [0.2, 0.25) is 0 Å². The monoisotopic (exact) mass is 204 g/mol. The number of rotatable bonds is 1. The number of pyridine rings is 1. The van der Waals surface area contributed by atoms with E-state index < -0.39 is 0 Å². The molecule has 0 aliphatic heterocycles. The lowest BCUT2D eigenvalue weighted by atomic mass is 10.2. The van der Waals surface area contributed by atoms with Gasteiger partial charge in [0.25, 0.3) is 0 Å². The van der Waals surface area contributed by atoms with Gasteiger partial charge >= 0.3 is 0 Å². The Morgan fingerprint density at radius 2 is 2.27 bits per heavy atom. The summed E-state index contributed by atoms with van der Waals surface area (Å²) in [5.41, 5.74) is 1.04. The van der Waals surface area contributed by atoms with Gasteiger partial charge < -0.3 is 9.51 Å². The van der Waals surface area contributed by atoms with Crippen LogP contribution >= 0.6 is 0 Å². The highest BCUT2D eigenvalue weighted by atomic mass is 19.1. The van der Waals surface area contributed by atoms with E-state index in [2.05, 4.69) is 24.6 Å². The molecular formula is C9H5FN4O. The van der Waals surface area contributed by atoms with Gasteiger partial charge in [0.15, 0.2) is 5.82 Å². The van der Waals surface area contributed by atoms with E-state index in [-0.39, 0.29) is 5.82 Å². The maximum absolute atomic E-state index is 13.3. The van der Waals surface area contributed by atoms with E-state index in [1.807, 2.05) is 0 Å². The summed E-state index contributed by atoms with van der Waals surface area (Å²) in [6.45, 7) is 0. The molecule has 0 saturated carbocycles. The molecule has 3 aromatic rings. The summed E-state index contributed by atoms with van der Waals surface area (Å²) in [4.78, 5) is 10.7. The molecular weight excluding hydrogens is 199 g/mol. The minimum Gasteiger partial charge on any atom is -0.359 e. The van der Waals surface area contributed by atoms with Crippen LogP contribution in [0.5, 0.6) is 0 Å². The first-order valence-electron chi connectivity index (χ1n) is 4.24. The predicted molar refractivity (Wildman–Crippen MR) is 49.3 cm³/mol. The lowest BCUT2D eigenvalue weighted by molar-refractivity contribution is 0.418. The van der Waals surface area contributed by atoms with Gasteiger partial charge in [-0.2, -0.15) is 4.98 Å². The summed E-state index contributed by atoms with van der Waals surface area (Å²) in [5.74, 6) is -0.0408. The van der Waals surface area contributed by atoms with E-state index in [9.17, 15) is 4.39 Å². The summed E-state index contributed by atoms with van der Waals surface area (Å²) >= 11 is 0. The molecule has 0 amide bonds. The molecule has 0 bridgehead atoms. The topological polar surface area (TPSA) is 67.6 Å². The molecule has 3 rings (SSSR count).